The topological polar surface area (TPSA) is 23.5 Å². The maximum atomic E-state index is 9.91. The molecule has 0 atom stereocenters. The lowest BCUT2D eigenvalue weighted by molar-refractivity contribution is 0.0808. The summed E-state index contributed by atoms with van der Waals surface area (Å²) >= 11 is 0. The fourth-order valence-corrected chi connectivity index (χ4v) is 2.53. The van der Waals surface area contributed by atoms with Gasteiger partial charge in [0.1, 0.15) is 0 Å². The number of fused-ring (bicyclic) bond motifs is 1. The minimum absolute atomic E-state index is 0.616. The van der Waals surface area contributed by atoms with Crippen LogP contribution in [0.15, 0.2) is 18.2 Å². The molecule has 2 nitrogen and oxygen atoms in total. The first-order valence-electron chi connectivity index (χ1n) is 6.09. The Balaban J connectivity index is 2.32. The van der Waals surface area contributed by atoms with Gasteiger partial charge in [-0.25, -0.2) is 0 Å². The van der Waals surface area contributed by atoms with Crippen molar-refractivity contribution in [2.45, 2.75) is 39.2 Å². The van der Waals surface area contributed by atoms with Crippen molar-refractivity contribution in [2.24, 2.45) is 0 Å². The molecule has 1 aromatic carbocycles. The highest BCUT2D eigenvalue weighted by atomic mass is 16.3. The fraction of sp³-hybridized carbons (Fsp3) is 0.571. The van der Waals surface area contributed by atoms with E-state index in [9.17, 15) is 5.11 Å². The Kier molecular flexibility index (Phi) is 2.94. The minimum atomic E-state index is -0.616. The van der Waals surface area contributed by atoms with Crippen molar-refractivity contribution in [3.05, 3.63) is 29.3 Å². The number of hydrogen-bond donors (Lipinski definition) is 1. The predicted octanol–water partition coefficient (Wildman–Crippen LogP) is 2.38. The van der Waals surface area contributed by atoms with Gasteiger partial charge in [0.2, 0.25) is 0 Å². The predicted molar refractivity (Wildman–Crippen MR) is 68.0 cm³/mol. The van der Waals surface area contributed by atoms with E-state index in [-0.39, 0.29) is 0 Å². The molecule has 1 heterocycles. The zero-order valence-electron chi connectivity index (χ0n) is 10.5. The summed E-state index contributed by atoms with van der Waals surface area (Å²) in [5, 5.41) is 9.91. The monoisotopic (exact) mass is 219 g/mol. The second-order valence-corrected chi connectivity index (χ2v) is 5.23. The van der Waals surface area contributed by atoms with Gasteiger partial charge in [0, 0.05) is 25.2 Å². The zero-order chi connectivity index (χ0) is 11.8. The Hall–Kier alpha value is -1.02. The van der Waals surface area contributed by atoms with E-state index in [4.69, 9.17) is 0 Å². The molecule has 1 N–H and O–H groups in total. The SMILES string of the molecule is CCN1CCc2c(CC(C)(C)O)cccc21. The molecule has 0 radical (unpaired) electrons. The van der Waals surface area contributed by atoms with Crippen LogP contribution in [0.25, 0.3) is 0 Å². The lowest BCUT2D eigenvalue weighted by Gasteiger charge is -2.20. The summed E-state index contributed by atoms with van der Waals surface area (Å²) in [6.45, 7) is 8.13. The lowest BCUT2D eigenvalue weighted by atomic mass is 9.94. The molecular weight excluding hydrogens is 198 g/mol. The van der Waals surface area contributed by atoms with Crippen LogP contribution in [0.4, 0.5) is 5.69 Å². The van der Waals surface area contributed by atoms with Crippen LogP contribution >= 0.6 is 0 Å². The summed E-state index contributed by atoms with van der Waals surface area (Å²) in [5.74, 6) is 0. The van der Waals surface area contributed by atoms with E-state index in [2.05, 4.69) is 30.0 Å². The lowest BCUT2D eigenvalue weighted by Crippen LogP contribution is -2.22. The van der Waals surface area contributed by atoms with Crippen LogP contribution in [0.5, 0.6) is 0 Å². The molecule has 1 aromatic rings. The van der Waals surface area contributed by atoms with Crippen molar-refractivity contribution in [3.8, 4) is 0 Å². The first-order valence-corrected chi connectivity index (χ1v) is 6.09. The van der Waals surface area contributed by atoms with Crippen LogP contribution in [-0.4, -0.2) is 23.8 Å². The molecule has 0 aromatic heterocycles. The number of aliphatic hydroxyl groups is 1. The van der Waals surface area contributed by atoms with Gasteiger partial charge in [-0.2, -0.15) is 0 Å². The molecule has 0 aliphatic carbocycles. The average molecular weight is 219 g/mol. The fourth-order valence-electron chi connectivity index (χ4n) is 2.53. The minimum Gasteiger partial charge on any atom is -0.390 e. The molecular formula is C14H21NO. The van der Waals surface area contributed by atoms with Gasteiger partial charge in [0.25, 0.3) is 0 Å². The molecule has 0 spiro atoms. The third kappa shape index (κ3) is 2.22. The van der Waals surface area contributed by atoms with Crippen molar-refractivity contribution in [1.29, 1.82) is 0 Å². The van der Waals surface area contributed by atoms with Crippen molar-refractivity contribution in [3.63, 3.8) is 0 Å². The summed E-state index contributed by atoms with van der Waals surface area (Å²) in [4.78, 5) is 2.41. The molecule has 0 fully saturated rings. The normalized spacial score (nSPS) is 15.4. The van der Waals surface area contributed by atoms with Crippen LogP contribution < -0.4 is 4.90 Å². The molecule has 16 heavy (non-hydrogen) atoms. The third-order valence-electron chi connectivity index (χ3n) is 3.23. The molecule has 0 unspecified atom stereocenters. The third-order valence-corrected chi connectivity index (χ3v) is 3.23. The molecule has 2 rings (SSSR count). The second-order valence-electron chi connectivity index (χ2n) is 5.23. The van der Waals surface area contributed by atoms with Crippen LogP contribution in [-0.2, 0) is 12.8 Å². The summed E-state index contributed by atoms with van der Waals surface area (Å²) in [7, 11) is 0. The van der Waals surface area contributed by atoms with Crippen molar-refractivity contribution >= 4 is 5.69 Å². The standard InChI is InChI=1S/C14H21NO/c1-4-15-9-8-12-11(10-14(2,3)16)6-5-7-13(12)15/h5-7,16H,4,8-10H2,1-3H3. The highest BCUT2D eigenvalue weighted by Crippen LogP contribution is 2.31. The Morgan fingerprint density at radius 2 is 2.12 bits per heavy atom. The molecule has 0 saturated carbocycles. The number of anilines is 1. The zero-order valence-corrected chi connectivity index (χ0v) is 10.5. The van der Waals surface area contributed by atoms with Gasteiger partial charge in [-0.15, -0.1) is 0 Å². The summed E-state index contributed by atoms with van der Waals surface area (Å²) in [5.41, 5.74) is 3.49. The quantitative estimate of drug-likeness (QED) is 0.843. The molecule has 0 saturated heterocycles. The van der Waals surface area contributed by atoms with Gasteiger partial charge < -0.3 is 10.0 Å². The highest BCUT2D eigenvalue weighted by molar-refractivity contribution is 5.61. The van der Waals surface area contributed by atoms with Crippen molar-refractivity contribution in [2.75, 3.05) is 18.0 Å². The van der Waals surface area contributed by atoms with E-state index in [0.29, 0.717) is 0 Å². The number of nitrogens with zero attached hydrogens (tertiary/aromatic N) is 1. The Labute approximate surface area is 97.9 Å². The highest BCUT2D eigenvalue weighted by Gasteiger charge is 2.23. The molecule has 88 valence electrons. The Bertz CT molecular complexity index is 379. The van der Waals surface area contributed by atoms with E-state index in [1.54, 1.807) is 0 Å². The first kappa shape index (κ1) is 11.5. The summed E-state index contributed by atoms with van der Waals surface area (Å²) in [6, 6.07) is 6.45. The first-order chi connectivity index (χ1) is 7.51. The summed E-state index contributed by atoms with van der Waals surface area (Å²) < 4.78 is 0. The van der Waals surface area contributed by atoms with Gasteiger partial charge in [-0.1, -0.05) is 12.1 Å². The van der Waals surface area contributed by atoms with Crippen molar-refractivity contribution < 1.29 is 5.11 Å². The van der Waals surface area contributed by atoms with E-state index in [0.717, 1.165) is 25.9 Å². The molecule has 1 aliphatic heterocycles. The number of benzene rings is 1. The number of rotatable bonds is 3. The molecule has 0 amide bonds. The molecule has 2 heteroatoms. The molecule has 1 aliphatic rings. The van der Waals surface area contributed by atoms with Crippen molar-refractivity contribution in [1.82, 2.24) is 0 Å². The van der Waals surface area contributed by atoms with Gasteiger partial charge in [-0.05, 0) is 44.4 Å². The Morgan fingerprint density at radius 3 is 2.75 bits per heavy atom. The van der Waals surface area contributed by atoms with Crippen LogP contribution in [0, 0.1) is 0 Å². The molecule has 0 bridgehead atoms. The van der Waals surface area contributed by atoms with Gasteiger partial charge >= 0.3 is 0 Å². The largest absolute Gasteiger partial charge is 0.390 e. The maximum Gasteiger partial charge on any atom is 0.0632 e. The van der Waals surface area contributed by atoms with Gasteiger partial charge in [0.15, 0.2) is 0 Å². The Morgan fingerprint density at radius 1 is 1.38 bits per heavy atom. The maximum absolute atomic E-state index is 9.91. The second kappa shape index (κ2) is 4.10. The van der Waals surface area contributed by atoms with Crippen LogP contribution in [0.2, 0.25) is 0 Å². The van der Waals surface area contributed by atoms with E-state index >= 15 is 0 Å². The van der Waals surface area contributed by atoms with E-state index < -0.39 is 5.60 Å². The van der Waals surface area contributed by atoms with E-state index in [1.165, 1.54) is 16.8 Å². The van der Waals surface area contributed by atoms with Gasteiger partial charge in [-0.3, -0.25) is 0 Å². The van der Waals surface area contributed by atoms with Crippen LogP contribution in [0.1, 0.15) is 31.9 Å². The van der Waals surface area contributed by atoms with Gasteiger partial charge in [0.05, 0.1) is 5.60 Å². The number of hydrogen-bond acceptors (Lipinski definition) is 2. The smallest absolute Gasteiger partial charge is 0.0632 e. The average Bonchev–Trinajstić information content (AvgIpc) is 2.59. The van der Waals surface area contributed by atoms with E-state index in [1.807, 2.05) is 13.8 Å². The number of likely N-dealkylation sites (N-methyl/N-ethyl adjacent to an activating group) is 1. The summed E-state index contributed by atoms with van der Waals surface area (Å²) in [6.07, 6.45) is 1.86. The van der Waals surface area contributed by atoms with Crippen LogP contribution in [0.3, 0.4) is 0 Å².